The molecule has 0 bridgehead atoms. The summed E-state index contributed by atoms with van der Waals surface area (Å²) < 4.78 is 3.04. The highest BCUT2D eigenvalue weighted by atomic mass is 79.9. The number of halogens is 1. The van der Waals surface area contributed by atoms with Crippen molar-refractivity contribution in [2.75, 3.05) is 18.1 Å². The number of thioether (sulfide) groups is 1. The Morgan fingerprint density at radius 1 is 1.42 bits per heavy atom. The molecule has 0 radical (unpaired) electrons. The molecule has 2 aromatic rings. The molecule has 0 atom stereocenters. The Hall–Kier alpha value is -0.750. The third-order valence-electron chi connectivity index (χ3n) is 3.64. The molecule has 0 spiro atoms. The molecule has 4 nitrogen and oxygen atoms in total. The molecule has 6 heteroatoms. The van der Waals surface area contributed by atoms with Gasteiger partial charge in [0.2, 0.25) is 0 Å². The van der Waals surface area contributed by atoms with Crippen LogP contribution in [0.1, 0.15) is 26.7 Å². The normalized spacial score (nSPS) is 12.0. The monoisotopic (exact) mass is 342 g/mol. The van der Waals surface area contributed by atoms with Crippen LogP contribution in [0.5, 0.6) is 0 Å². The van der Waals surface area contributed by atoms with Crippen LogP contribution >= 0.6 is 27.7 Å². The van der Waals surface area contributed by atoms with Crippen molar-refractivity contribution in [2.24, 2.45) is 0 Å². The van der Waals surface area contributed by atoms with E-state index in [2.05, 4.69) is 51.3 Å². The zero-order chi connectivity index (χ0) is 13.9. The van der Waals surface area contributed by atoms with Crippen molar-refractivity contribution in [3.63, 3.8) is 0 Å². The topological polar surface area (TPSA) is 42.2 Å². The summed E-state index contributed by atoms with van der Waals surface area (Å²) in [5.41, 5.74) is 0.866. The van der Waals surface area contributed by atoms with Crippen molar-refractivity contribution in [3.05, 3.63) is 23.2 Å². The van der Waals surface area contributed by atoms with E-state index in [1.807, 2.05) is 28.6 Å². The first kappa shape index (κ1) is 14.7. The molecule has 0 saturated carbocycles. The summed E-state index contributed by atoms with van der Waals surface area (Å²) in [5, 5.41) is 3.46. The highest BCUT2D eigenvalue weighted by Gasteiger charge is 2.25. The van der Waals surface area contributed by atoms with Crippen LogP contribution in [0.3, 0.4) is 0 Å². The van der Waals surface area contributed by atoms with E-state index in [4.69, 9.17) is 0 Å². The van der Waals surface area contributed by atoms with E-state index in [1.54, 1.807) is 6.20 Å². The van der Waals surface area contributed by atoms with Gasteiger partial charge in [-0.1, -0.05) is 13.8 Å². The van der Waals surface area contributed by atoms with Crippen molar-refractivity contribution in [1.82, 2.24) is 14.4 Å². The van der Waals surface area contributed by atoms with Crippen LogP contribution < -0.4 is 5.32 Å². The van der Waals surface area contributed by atoms with E-state index in [9.17, 15) is 0 Å². The van der Waals surface area contributed by atoms with Gasteiger partial charge in [-0.25, -0.2) is 9.97 Å². The molecule has 2 heterocycles. The average Bonchev–Trinajstić information content (AvgIpc) is 2.88. The second-order valence-electron chi connectivity index (χ2n) is 4.52. The van der Waals surface area contributed by atoms with Gasteiger partial charge in [0.05, 0.1) is 0 Å². The number of fused-ring (bicyclic) bond motifs is 1. The molecule has 1 N–H and O–H groups in total. The van der Waals surface area contributed by atoms with E-state index in [1.165, 1.54) is 0 Å². The smallest absolute Gasteiger partial charge is 0.180 e. The largest absolute Gasteiger partial charge is 0.366 e. The average molecular weight is 343 g/mol. The maximum Gasteiger partial charge on any atom is 0.180 e. The van der Waals surface area contributed by atoms with E-state index in [-0.39, 0.29) is 4.75 Å². The predicted molar refractivity (Wildman–Crippen MR) is 86.0 cm³/mol. The summed E-state index contributed by atoms with van der Waals surface area (Å²) in [6, 6.07) is 0. The number of anilines is 1. The molecule has 2 rings (SSSR count). The highest BCUT2D eigenvalue weighted by molar-refractivity contribution is 9.10. The Labute approximate surface area is 126 Å². The molecule has 104 valence electrons. The molecule has 0 aliphatic heterocycles. The molecule has 19 heavy (non-hydrogen) atoms. The lowest BCUT2D eigenvalue weighted by Crippen LogP contribution is -2.32. The maximum atomic E-state index is 4.49. The molecule has 2 aromatic heterocycles. The number of hydrogen-bond acceptors (Lipinski definition) is 4. The summed E-state index contributed by atoms with van der Waals surface area (Å²) in [7, 11) is 0. The van der Waals surface area contributed by atoms with Crippen LogP contribution in [-0.4, -0.2) is 31.9 Å². The Kier molecular flexibility index (Phi) is 4.73. The van der Waals surface area contributed by atoms with Gasteiger partial charge in [0, 0.05) is 29.9 Å². The van der Waals surface area contributed by atoms with Gasteiger partial charge in [0.25, 0.3) is 0 Å². The van der Waals surface area contributed by atoms with Gasteiger partial charge in [-0.3, -0.25) is 0 Å². The maximum absolute atomic E-state index is 4.49. The molecule has 0 unspecified atom stereocenters. The lowest BCUT2D eigenvalue weighted by Gasteiger charge is -2.30. The van der Waals surface area contributed by atoms with Crippen LogP contribution in [-0.2, 0) is 0 Å². The van der Waals surface area contributed by atoms with Crippen molar-refractivity contribution >= 4 is 39.2 Å². The number of imidazole rings is 1. The number of hydrogen-bond donors (Lipinski definition) is 1. The molecule has 0 amide bonds. The first-order valence-corrected chi connectivity index (χ1v) is 8.44. The van der Waals surface area contributed by atoms with Crippen LogP contribution in [0, 0.1) is 0 Å². The van der Waals surface area contributed by atoms with Crippen LogP contribution in [0.25, 0.3) is 5.65 Å². The Bertz CT molecular complexity index is 542. The minimum atomic E-state index is 0.258. The van der Waals surface area contributed by atoms with Crippen molar-refractivity contribution in [1.29, 1.82) is 0 Å². The molecule has 0 aliphatic rings. The summed E-state index contributed by atoms with van der Waals surface area (Å²) in [6.07, 6.45) is 10.1. The van der Waals surface area contributed by atoms with E-state index < -0.39 is 0 Å². The quantitative estimate of drug-likeness (QED) is 0.866. The number of aromatic nitrogens is 3. The van der Waals surface area contributed by atoms with Crippen molar-refractivity contribution < 1.29 is 0 Å². The third kappa shape index (κ3) is 3.05. The fourth-order valence-electron chi connectivity index (χ4n) is 2.13. The zero-order valence-corrected chi connectivity index (χ0v) is 13.9. The van der Waals surface area contributed by atoms with Gasteiger partial charge < -0.3 is 9.72 Å². The Balaban J connectivity index is 2.24. The first-order valence-electron chi connectivity index (χ1n) is 6.42. The Morgan fingerprint density at radius 2 is 2.16 bits per heavy atom. The van der Waals surface area contributed by atoms with Gasteiger partial charge >= 0.3 is 0 Å². The molecular formula is C13H19BrN4S. The summed E-state index contributed by atoms with van der Waals surface area (Å²) in [4.78, 5) is 8.84. The molecular weight excluding hydrogens is 324 g/mol. The number of nitrogens with one attached hydrogen (secondary N) is 1. The second kappa shape index (κ2) is 6.13. The molecule has 0 saturated heterocycles. The van der Waals surface area contributed by atoms with E-state index in [0.717, 1.165) is 35.5 Å². The third-order valence-corrected chi connectivity index (χ3v) is 5.61. The Morgan fingerprint density at radius 3 is 2.79 bits per heavy atom. The molecule has 0 fully saturated rings. The molecule has 0 aromatic carbocycles. The summed E-state index contributed by atoms with van der Waals surface area (Å²) in [6.45, 7) is 5.37. The second-order valence-corrected chi connectivity index (χ2v) is 6.60. The van der Waals surface area contributed by atoms with Gasteiger partial charge in [-0.15, -0.1) is 0 Å². The fraction of sp³-hybridized carbons (Fsp3) is 0.538. The van der Waals surface area contributed by atoms with Gasteiger partial charge in [0.15, 0.2) is 11.5 Å². The number of nitrogens with zero attached hydrogens (tertiary/aromatic N) is 3. The van der Waals surface area contributed by atoms with Crippen LogP contribution in [0.2, 0.25) is 0 Å². The standard InChI is InChI=1S/C13H19BrN4S/c1-4-13(5-2,19-3)9-16-11-12-15-6-7-18(12)8-10(14)17-11/h6-8H,4-5,9H2,1-3H3,(H,16,17). The molecule has 0 aliphatic carbocycles. The summed E-state index contributed by atoms with van der Waals surface area (Å²) >= 11 is 5.35. The zero-order valence-electron chi connectivity index (χ0n) is 11.5. The van der Waals surface area contributed by atoms with Gasteiger partial charge in [0.1, 0.15) is 4.60 Å². The number of rotatable bonds is 6. The van der Waals surface area contributed by atoms with Crippen molar-refractivity contribution in [3.8, 4) is 0 Å². The summed E-state index contributed by atoms with van der Waals surface area (Å²) in [5.74, 6) is 0.833. The predicted octanol–water partition coefficient (Wildman–Crippen LogP) is 3.83. The van der Waals surface area contributed by atoms with Crippen molar-refractivity contribution in [2.45, 2.75) is 31.4 Å². The highest BCUT2D eigenvalue weighted by Crippen LogP contribution is 2.31. The van der Waals surface area contributed by atoms with Gasteiger partial charge in [-0.2, -0.15) is 11.8 Å². The van der Waals surface area contributed by atoms with Gasteiger partial charge in [-0.05, 0) is 35.0 Å². The van der Waals surface area contributed by atoms with E-state index in [0.29, 0.717) is 0 Å². The lowest BCUT2D eigenvalue weighted by atomic mass is 10.0. The first-order chi connectivity index (χ1) is 9.14. The van der Waals surface area contributed by atoms with Crippen LogP contribution in [0.4, 0.5) is 5.82 Å². The minimum Gasteiger partial charge on any atom is -0.366 e. The minimum absolute atomic E-state index is 0.258. The lowest BCUT2D eigenvalue weighted by molar-refractivity contribution is 0.574. The fourth-order valence-corrected chi connectivity index (χ4v) is 3.32. The van der Waals surface area contributed by atoms with Crippen LogP contribution in [0.15, 0.2) is 23.2 Å². The van der Waals surface area contributed by atoms with E-state index >= 15 is 0 Å². The SMILES string of the molecule is CCC(CC)(CNc1nc(Br)cn2ccnc12)SC.